The predicted octanol–water partition coefficient (Wildman–Crippen LogP) is 2.55. The van der Waals surface area contributed by atoms with Crippen LogP contribution in [0.5, 0.6) is 5.75 Å². The zero-order valence-corrected chi connectivity index (χ0v) is 15.7. The van der Waals surface area contributed by atoms with Gasteiger partial charge in [0, 0.05) is 10.9 Å². The second-order valence-electron chi connectivity index (χ2n) is 6.22. The van der Waals surface area contributed by atoms with Crippen LogP contribution in [0.2, 0.25) is 0 Å². The van der Waals surface area contributed by atoms with Crippen molar-refractivity contribution in [1.29, 1.82) is 0 Å². The molecule has 0 N–H and O–H groups in total. The molecule has 7 heteroatoms. The first-order chi connectivity index (χ1) is 13.6. The summed E-state index contributed by atoms with van der Waals surface area (Å²) in [4.78, 5) is 29.1. The van der Waals surface area contributed by atoms with Gasteiger partial charge in [0.1, 0.15) is 10.6 Å². The normalized spacial score (nSPS) is 10.9. The summed E-state index contributed by atoms with van der Waals surface area (Å²) < 4.78 is 6.71. The number of nitrogens with zero attached hydrogens (tertiary/aromatic N) is 2. The van der Waals surface area contributed by atoms with E-state index >= 15 is 0 Å². The summed E-state index contributed by atoms with van der Waals surface area (Å²) in [5.74, 6) is -0.479. The number of carboxylic acid groups (broad SMARTS) is 1. The van der Waals surface area contributed by atoms with Crippen LogP contribution in [0, 0.1) is 0 Å². The molecule has 0 bridgehead atoms. The number of carboxylic acids is 1. The Morgan fingerprint density at radius 1 is 1.14 bits per heavy atom. The number of rotatable bonds is 5. The van der Waals surface area contributed by atoms with Crippen LogP contribution in [-0.2, 0) is 6.54 Å². The van der Waals surface area contributed by atoms with E-state index in [4.69, 9.17) is 4.74 Å². The molecule has 140 valence electrons. The Morgan fingerprint density at radius 3 is 2.50 bits per heavy atom. The molecule has 0 saturated heterocycles. The molecule has 0 aliphatic heterocycles. The molecule has 0 saturated carbocycles. The number of ether oxygens (including phenoxy) is 1. The molecule has 4 aromatic rings. The lowest BCUT2D eigenvalue weighted by atomic mass is 10.1. The summed E-state index contributed by atoms with van der Waals surface area (Å²) >= 11 is 1.43. The number of hydrogen-bond donors (Lipinski definition) is 0. The minimum Gasteiger partial charge on any atom is -0.545 e. The standard InChI is InChI=1S/C21H16N2O4S/c1-27-16-8-6-14(7-9-16)17-11-28-19-18(17)20(24)23(12-22-19)10-13-2-4-15(5-3-13)21(25)26/h2-9,11-12H,10H2,1H3,(H,25,26)/p-1. The van der Waals surface area contributed by atoms with Gasteiger partial charge >= 0.3 is 0 Å². The number of aromatic carboxylic acids is 1. The van der Waals surface area contributed by atoms with E-state index < -0.39 is 5.97 Å². The SMILES string of the molecule is COc1ccc(-c2csc3ncn(Cc4ccc(C(=O)[O-])cc4)c(=O)c23)cc1. The van der Waals surface area contributed by atoms with Gasteiger partial charge in [0.05, 0.1) is 31.3 Å². The lowest BCUT2D eigenvalue weighted by Crippen LogP contribution is -2.22. The third-order valence-corrected chi connectivity index (χ3v) is 5.39. The Kier molecular flexibility index (Phi) is 4.67. The average Bonchev–Trinajstić information content (AvgIpc) is 3.15. The van der Waals surface area contributed by atoms with Gasteiger partial charge in [-0.05, 0) is 28.8 Å². The maximum Gasteiger partial charge on any atom is 0.263 e. The van der Waals surface area contributed by atoms with Crippen LogP contribution in [-0.4, -0.2) is 22.6 Å². The van der Waals surface area contributed by atoms with Gasteiger partial charge < -0.3 is 14.6 Å². The molecule has 0 unspecified atom stereocenters. The molecule has 2 aromatic carbocycles. The van der Waals surface area contributed by atoms with Crippen molar-refractivity contribution in [2.75, 3.05) is 7.11 Å². The minimum atomic E-state index is -1.23. The molecule has 0 fully saturated rings. The third-order valence-electron chi connectivity index (χ3n) is 4.50. The Labute approximate surface area is 164 Å². The second kappa shape index (κ2) is 7.28. The second-order valence-corrected chi connectivity index (χ2v) is 7.08. The fourth-order valence-electron chi connectivity index (χ4n) is 3.01. The van der Waals surface area contributed by atoms with E-state index in [1.54, 1.807) is 19.2 Å². The van der Waals surface area contributed by atoms with Crippen LogP contribution in [0.25, 0.3) is 21.3 Å². The molecular weight excluding hydrogens is 376 g/mol. The molecule has 0 amide bonds. The molecule has 0 atom stereocenters. The van der Waals surface area contributed by atoms with E-state index in [2.05, 4.69) is 4.98 Å². The smallest absolute Gasteiger partial charge is 0.263 e. The Balaban J connectivity index is 1.73. The summed E-state index contributed by atoms with van der Waals surface area (Å²) in [6, 6.07) is 13.8. The average molecular weight is 391 g/mol. The maximum absolute atomic E-state index is 13.1. The molecule has 4 rings (SSSR count). The number of carbonyl (C=O) groups is 1. The highest BCUT2D eigenvalue weighted by Gasteiger charge is 2.13. The molecule has 2 heterocycles. The molecule has 0 radical (unpaired) electrons. The molecule has 6 nitrogen and oxygen atoms in total. The Hall–Kier alpha value is -3.45. The van der Waals surface area contributed by atoms with Crippen molar-refractivity contribution < 1.29 is 14.6 Å². The maximum atomic E-state index is 13.1. The van der Waals surface area contributed by atoms with Crippen LogP contribution in [0.4, 0.5) is 0 Å². The molecule has 0 aliphatic carbocycles. The number of benzene rings is 2. The lowest BCUT2D eigenvalue weighted by molar-refractivity contribution is -0.255. The first-order valence-corrected chi connectivity index (χ1v) is 9.36. The zero-order valence-electron chi connectivity index (χ0n) is 14.9. The monoisotopic (exact) mass is 391 g/mol. The fourth-order valence-corrected chi connectivity index (χ4v) is 3.91. The van der Waals surface area contributed by atoms with Crippen molar-refractivity contribution in [2.24, 2.45) is 0 Å². The zero-order chi connectivity index (χ0) is 19.7. The van der Waals surface area contributed by atoms with Crippen molar-refractivity contribution >= 4 is 27.5 Å². The summed E-state index contributed by atoms with van der Waals surface area (Å²) in [7, 11) is 1.61. The van der Waals surface area contributed by atoms with Crippen molar-refractivity contribution in [2.45, 2.75) is 6.54 Å². The topological polar surface area (TPSA) is 84.2 Å². The predicted molar refractivity (Wildman–Crippen MR) is 106 cm³/mol. The lowest BCUT2D eigenvalue weighted by Gasteiger charge is -2.08. The quantitative estimate of drug-likeness (QED) is 0.522. The molecule has 0 aliphatic rings. The summed E-state index contributed by atoms with van der Waals surface area (Å²) in [5.41, 5.74) is 2.52. The molecule has 0 spiro atoms. The van der Waals surface area contributed by atoms with E-state index in [1.165, 1.54) is 34.4 Å². The third kappa shape index (κ3) is 3.27. The van der Waals surface area contributed by atoms with E-state index in [-0.39, 0.29) is 11.1 Å². The Bertz CT molecular complexity index is 1210. The number of fused-ring (bicyclic) bond motifs is 1. The van der Waals surface area contributed by atoms with Gasteiger partial charge in [-0.1, -0.05) is 36.4 Å². The van der Waals surface area contributed by atoms with E-state index in [1.807, 2.05) is 29.6 Å². The number of thiophene rings is 1. The van der Waals surface area contributed by atoms with Gasteiger partial charge in [0.15, 0.2) is 0 Å². The fraction of sp³-hybridized carbons (Fsp3) is 0.0952. The highest BCUT2D eigenvalue weighted by atomic mass is 32.1. The minimum absolute atomic E-state index is 0.101. The van der Waals surface area contributed by atoms with Gasteiger partial charge in [0.2, 0.25) is 0 Å². The highest BCUT2D eigenvalue weighted by molar-refractivity contribution is 7.17. The number of carbonyl (C=O) groups excluding carboxylic acids is 1. The van der Waals surface area contributed by atoms with Gasteiger partial charge in [-0.2, -0.15) is 0 Å². The van der Waals surface area contributed by atoms with Gasteiger partial charge in [-0.3, -0.25) is 9.36 Å². The van der Waals surface area contributed by atoms with Crippen LogP contribution >= 0.6 is 11.3 Å². The van der Waals surface area contributed by atoms with Gasteiger partial charge in [0.25, 0.3) is 5.56 Å². The molecular formula is C21H15N2O4S-. The first-order valence-electron chi connectivity index (χ1n) is 8.48. The van der Waals surface area contributed by atoms with E-state index in [0.29, 0.717) is 16.8 Å². The van der Waals surface area contributed by atoms with Crippen LogP contribution in [0.3, 0.4) is 0 Å². The van der Waals surface area contributed by atoms with Gasteiger partial charge in [-0.15, -0.1) is 11.3 Å². The number of hydrogen-bond acceptors (Lipinski definition) is 6. The summed E-state index contributed by atoms with van der Waals surface area (Å²) in [5, 5.41) is 13.4. The molecule has 2 aromatic heterocycles. The highest BCUT2D eigenvalue weighted by Crippen LogP contribution is 2.31. The van der Waals surface area contributed by atoms with E-state index in [9.17, 15) is 14.7 Å². The van der Waals surface area contributed by atoms with Crippen molar-refractivity contribution in [3.63, 3.8) is 0 Å². The van der Waals surface area contributed by atoms with Crippen molar-refractivity contribution in [3.05, 3.63) is 81.7 Å². The molecule has 28 heavy (non-hydrogen) atoms. The number of methoxy groups -OCH3 is 1. The number of aromatic nitrogens is 2. The van der Waals surface area contributed by atoms with Crippen LogP contribution in [0.15, 0.2) is 65.0 Å². The van der Waals surface area contributed by atoms with E-state index in [0.717, 1.165) is 22.4 Å². The largest absolute Gasteiger partial charge is 0.545 e. The summed E-state index contributed by atoms with van der Waals surface area (Å²) in [6.45, 7) is 0.299. The first kappa shape index (κ1) is 17.9. The van der Waals surface area contributed by atoms with Crippen LogP contribution in [0.1, 0.15) is 15.9 Å². The van der Waals surface area contributed by atoms with Crippen molar-refractivity contribution in [1.82, 2.24) is 9.55 Å². The van der Waals surface area contributed by atoms with Crippen LogP contribution < -0.4 is 15.4 Å². The van der Waals surface area contributed by atoms with Crippen molar-refractivity contribution in [3.8, 4) is 16.9 Å². The Morgan fingerprint density at radius 2 is 1.86 bits per heavy atom. The van der Waals surface area contributed by atoms with Gasteiger partial charge in [-0.25, -0.2) is 4.98 Å². The summed E-state index contributed by atoms with van der Waals surface area (Å²) in [6.07, 6.45) is 1.52.